The minimum absolute atomic E-state index is 0.0311. The minimum atomic E-state index is -0.722. The summed E-state index contributed by atoms with van der Waals surface area (Å²) in [5.41, 5.74) is 1.64. The Bertz CT molecular complexity index is 820. The van der Waals surface area contributed by atoms with E-state index in [-0.39, 0.29) is 6.61 Å². The third kappa shape index (κ3) is 7.67. The third-order valence-electron chi connectivity index (χ3n) is 5.19. The molecule has 3 rings (SSSR count). The van der Waals surface area contributed by atoms with Crippen molar-refractivity contribution in [1.29, 1.82) is 0 Å². The lowest BCUT2D eigenvalue weighted by Gasteiger charge is -2.36. The van der Waals surface area contributed by atoms with Crippen molar-refractivity contribution in [2.75, 3.05) is 64.1 Å². The van der Waals surface area contributed by atoms with Crippen molar-refractivity contribution in [3.05, 3.63) is 72.8 Å². The molecule has 1 aliphatic rings. The van der Waals surface area contributed by atoms with Crippen molar-refractivity contribution in [1.82, 2.24) is 4.90 Å². The van der Waals surface area contributed by atoms with Crippen molar-refractivity contribution in [2.24, 2.45) is 0 Å². The van der Waals surface area contributed by atoms with Crippen LogP contribution in [0.15, 0.2) is 67.3 Å². The molecule has 1 atom stereocenters. The molecule has 0 amide bonds. The lowest BCUT2D eigenvalue weighted by molar-refractivity contribution is 0.0152. The maximum absolute atomic E-state index is 12.3. The lowest BCUT2D eigenvalue weighted by Crippen LogP contribution is -2.49. The van der Waals surface area contributed by atoms with Crippen molar-refractivity contribution in [3.8, 4) is 5.75 Å². The summed E-state index contributed by atoms with van der Waals surface area (Å²) in [6.45, 7) is 8.95. The van der Waals surface area contributed by atoms with E-state index >= 15 is 0 Å². The molecule has 1 unspecified atom stereocenters. The van der Waals surface area contributed by atoms with Crippen LogP contribution in [0.2, 0.25) is 0 Å². The second-order valence-corrected chi connectivity index (χ2v) is 7.61. The van der Waals surface area contributed by atoms with Gasteiger partial charge in [0.1, 0.15) is 25.1 Å². The zero-order valence-corrected chi connectivity index (χ0v) is 18.4. The second-order valence-electron chi connectivity index (χ2n) is 7.61. The Morgan fingerprint density at radius 1 is 1.03 bits per heavy atom. The maximum atomic E-state index is 12.3. The van der Waals surface area contributed by atoms with Crippen molar-refractivity contribution < 1.29 is 24.1 Å². The number of aliphatic hydroxyl groups is 1. The van der Waals surface area contributed by atoms with Gasteiger partial charge in [-0.2, -0.15) is 0 Å². The number of para-hydroxylation sites is 1. The van der Waals surface area contributed by atoms with Gasteiger partial charge < -0.3 is 24.2 Å². The van der Waals surface area contributed by atoms with Crippen LogP contribution in [0.3, 0.4) is 0 Å². The fourth-order valence-electron chi connectivity index (χ4n) is 3.51. The largest absolute Gasteiger partial charge is 0.491 e. The predicted octanol–water partition coefficient (Wildman–Crippen LogP) is 2.61. The van der Waals surface area contributed by atoms with Gasteiger partial charge in [0.25, 0.3) is 0 Å². The molecule has 0 spiro atoms. The van der Waals surface area contributed by atoms with Crippen LogP contribution < -0.4 is 9.64 Å². The van der Waals surface area contributed by atoms with E-state index in [4.69, 9.17) is 14.2 Å². The number of ether oxygens (including phenoxy) is 3. The van der Waals surface area contributed by atoms with E-state index in [1.165, 1.54) is 5.69 Å². The highest BCUT2D eigenvalue weighted by molar-refractivity contribution is 5.89. The summed E-state index contributed by atoms with van der Waals surface area (Å²) in [6.07, 6.45) is 0.962. The highest BCUT2D eigenvalue weighted by Crippen LogP contribution is 2.16. The van der Waals surface area contributed by atoms with Crippen LogP contribution in [0.4, 0.5) is 5.69 Å². The van der Waals surface area contributed by atoms with Gasteiger partial charge in [0.05, 0.1) is 18.8 Å². The molecule has 1 fully saturated rings. The van der Waals surface area contributed by atoms with E-state index in [9.17, 15) is 9.90 Å². The molecule has 32 heavy (non-hydrogen) atoms. The van der Waals surface area contributed by atoms with Crippen LogP contribution >= 0.6 is 0 Å². The number of aliphatic hydroxyl groups excluding tert-OH is 1. The fourth-order valence-corrected chi connectivity index (χ4v) is 3.51. The number of β-amino-alcohol motifs (C(OH)–C–C–N with tert-alkyl or cyclic N) is 1. The number of nitrogens with zero attached hydrogens (tertiary/aromatic N) is 2. The molecule has 0 bridgehead atoms. The van der Waals surface area contributed by atoms with Gasteiger partial charge in [-0.3, -0.25) is 4.90 Å². The zero-order valence-electron chi connectivity index (χ0n) is 18.4. The third-order valence-corrected chi connectivity index (χ3v) is 5.19. The number of carbonyl (C=O) groups is 1. The first-order valence-electron chi connectivity index (χ1n) is 10.9. The summed E-state index contributed by atoms with van der Waals surface area (Å²) in [5, 5.41) is 10.3. The summed E-state index contributed by atoms with van der Waals surface area (Å²) in [6, 6.07) is 17.1. The van der Waals surface area contributed by atoms with Gasteiger partial charge in [-0.25, -0.2) is 4.79 Å². The Hall–Kier alpha value is -2.87. The average Bonchev–Trinajstić information content (AvgIpc) is 2.84. The maximum Gasteiger partial charge on any atom is 0.338 e. The van der Waals surface area contributed by atoms with Crippen LogP contribution in [0.25, 0.3) is 0 Å². The van der Waals surface area contributed by atoms with E-state index in [2.05, 4.69) is 28.5 Å². The molecule has 7 heteroatoms. The van der Waals surface area contributed by atoms with Crippen molar-refractivity contribution in [2.45, 2.75) is 6.10 Å². The second kappa shape index (κ2) is 12.9. The molecule has 2 aromatic rings. The summed E-state index contributed by atoms with van der Waals surface area (Å²) in [5.74, 6) is 0.192. The Morgan fingerprint density at radius 2 is 1.75 bits per heavy atom. The number of piperazine rings is 1. The zero-order chi connectivity index (χ0) is 22.6. The highest BCUT2D eigenvalue weighted by Gasteiger charge is 2.20. The fraction of sp³-hybridized carbons (Fsp3) is 0.400. The molecule has 7 nitrogen and oxygen atoms in total. The van der Waals surface area contributed by atoms with Gasteiger partial charge in [0, 0.05) is 38.4 Å². The van der Waals surface area contributed by atoms with Crippen LogP contribution in [0, 0.1) is 0 Å². The smallest absolute Gasteiger partial charge is 0.338 e. The Labute approximate surface area is 189 Å². The average molecular weight is 441 g/mol. The van der Waals surface area contributed by atoms with Crippen LogP contribution in [0.5, 0.6) is 5.75 Å². The molecule has 1 N–H and O–H groups in total. The molecule has 1 heterocycles. The summed E-state index contributed by atoms with van der Waals surface area (Å²) >= 11 is 0. The topological polar surface area (TPSA) is 71.5 Å². The number of anilines is 1. The number of esters is 1. The summed E-state index contributed by atoms with van der Waals surface area (Å²) in [4.78, 5) is 16.8. The Balaban J connectivity index is 1.33. The standard InChI is InChI=1S/C25H32N2O5/c1-2-16-30-17-18-31-24-10-8-21(9-11-24)25(29)32-20-23(28)19-26-12-14-27(15-13-26)22-6-4-3-5-7-22/h2-11,23,28H,1,12-20H2. The number of rotatable bonds is 12. The molecule has 2 aromatic carbocycles. The normalized spacial score (nSPS) is 15.2. The van der Waals surface area contributed by atoms with Crippen molar-refractivity contribution in [3.63, 3.8) is 0 Å². The molecule has 172 valence electrons. The molecule has 0 aliphatic carbocycles. The first-order valence-corrected chi connectivity index (χ1v) is 10.9. The van der Waals surface area contributed by atoms with Gasteiger partial charge in [0.15, 0.2) is 0 Å². The van der Waals surface area contributed by atoms with Gasteiger partial charge >= 0.3 is 5.97 Å². The van der Waals surface area contributed by atoms with E-state index in [1.54, 1.807) is 30.3 Å². The summed E-state index contributed by atoms with van der Waals surface area (Å²) < 4.78 is 16.1. The molecule has 0 radical (unpaired) electrons. The molecule has 1 saturated heterocycles. The highest BCUT2D eigenvalue weighted by atomic mass is 16.5. The minimum Gasteiger partial charge on any atom is -0.491 e. The van der Waals surface area contributed by atoms with Crippen LogP contribution in [-0.4, -0.2) is 81.2 Å². The van der Waals surface area contributed by atoms with Crippen LogP contribution in [-0.2, 0) is 9.47 Å². The number of carbonyl (C=O) groups excluding carboxylic acids is 1. The van der Waals surface area contributed by atoms with Gasteiger partial charge in [-0.05, 0) is 36.4 Å². The van der Waals surface area contributed by atoms with E-state index in [0.717, 1.165) is 26.2 Å². The monoisotopic (exact) mass is 440 g/mol. The quantitative estimate of drug-likeness (QED) is 0.309. The first-order chi connectivity index (χ1) is 15.7. The first kappa shape index (κ1) is 23.8. The molecular formula is C25H32N2O5. The Morgan fingerprint density at radius 3 is 2.44 bits per heavy atom. The molecule has 0 saturated carbocycles. The number of benzene rings is 2. The van der Waals surface area contributed by atoms with E-state index in [0.29, 0.717) is 37.7 Å². The van der Waals surface area contributed by atoms with Gasteiger partial charge in [-0.15, -0.1) is 6.58 Å². The van der Waals surface area contributed by atoms with Crippen molar-refractivity contribution >= 4 is 11.7 Å². The lowest BCUT2D eigenvalue weighted by atomic mass is 10.2. The van der Waals surface area contributed by atoms with Gasteiger partial charge in [0.2, 0.25) is 0 Å². The predicted molar refractivity (Wildman–Crippen MR) is 124 cm³/mol. The molecule has 0 aromatic heterocycles. The van der Waals surface area contributed by atoms with Crippen LogP contribution in [0.1, 0.15) is 10.4 Å². The van der Waals surface area contributed by atoms with E-state index in [1.807, 2.05) is 18.2 Å². The number of hydrogen-bond acceptors (Lipinski definition) is 7. The SMILES string of the molecule is C=CCOCCOc1ccc(C(=O)OCC(O)CN2CCN(c3ccccc3)CC2)cc1. The number of hydrogen-bond donors (Lipinski definition) is 1. The van der Waals surface area contributed by atoms with E-state index < -0.39 is 12.1 Å². The van der Waals surface area contributed by atoms with Gasteiger partial charge in [-0.1, -0.05) is 24.3 Å². The molecular weight excluding hydrogens is 408 g/mol. The Kier molecular flexibility index (Phi) is 9.56. The summed E-state index contributed by atoms with van der Waals surface area (Å²) in [7, 11) is 0. The molecule has 1 aliphatic heterocycles.